The van der Waals surface area contributed by atoms with Gasteiger partial charge in [0.25, 0.3) is 5.56 Å². The van der Waals surface area contributed by atoms with Crippen LogP contribution in [-0.2, 0) is 6.54 Å². The Morgan fingerprint density at radius 2 is 1.94 bits per heavy atom. The van der Waals surface area contributed by atoms with Crippen molar-refractivity contribution in [2.45, 2.75) is 31.7 Å². The van der Waals surface area contributed by atoms with E-state index in [2.05, 4.69) is 24.7 Å². The van der Waals surface area contributed by atoms with Gasteiger partial charge in [0, 0.05) is 12.7 Å². The summed E-state index contributed by atoms with van der Waals surface area (Å²) in [6.45, 7) is 4.43. The van der Waals surface area contributed by atoms with E-state index < -0.39 is 22.0 Å². The number of hydrogen-bond donors (Lipinski definition) is 6. The first kappa shape index (κ1) is 21.2. The van der Waals surface area contributed by atoms with E-state index >= 15 is 0 Å². The molecule has 0 aliphatic carbocycles. The molecule has 11 nitrogen and oxygen atoms in total. The van der Waals surface area contributed by atoms with Gasteiger partial charge in [0.1, 0.15) is 21.9 Å². The van der Waals surface area contributed by atoms with Crippen molar-refractivity contribution in [1.29, 1.82) is 0 Å². The predicted octanol–water partition coefficient (Wildman–Crippen LogP) is 3.21. The molecule has 0 atom stereocenters. The summed E-state index contributed by atoms with van der Waals surface area (Å²) in [5, 5.41) is 14.3. The lowest BCUT2D eigenvalue weighted by Gasteiger charge is -2.34. The molecule has 0 unspecified atom stereocenters. The van der Waals surface area contributed by atoms with Crippen molar-refractivity contribution >= 4 is 44.4 Å². The van der Waals surface area contributed by atoms with E-state index in [1.807, 2.05) is 13.8 Å². The molecule has 0 saturated carbocycles. The van der Waals surface area contributed by atoms with Gasteiger partial charge in [0.2, 0.25) is 0 Å². The quantitative estimate of drug-likeness (QED) is 0.266. The van der Waals surface area contributed by atoms with E-state index in [-0.39, 0.29) is 33.2 Å². The van der Waals surface area contributed by atoms with E-state index in [1.54, 1.807) is 30.5 Å². The number of aromatic hydroxyl groups is 1. The summed E-state index contributed by atoms with van der Waals surface area (Å²) in [5.41, 5.74) is -0.0751. The van der Waals surface area contributed by atoms with Crippen LogP contribution >= 0.6 is 10.8 Å². The molecule has 6 N–H and O–H groups in total. The lowest BCUT2D eigenvalue weighted by atomic mass is 10.1. The Morgan fingerprint density at radius 3 is 2.70 bits per heavy atom. The largest absolute Gasteiger partial charge is 0.506 e. The third kappa shape index (κ3) is 3.39. The number of benzene rings is 1. The number of fused-ring (bicyclic) bond motifs is 4. The third-order valence-corrected chi connectivity index (χ3v) is 6.96. The van der Waals surface area contributed by atoms with Gasteiger partial charge >= 0.3 is 5.69 Å². The maximum Gasteiger partial charge on any atom is 0.323 e. The summed E-state index contributed by atoms with van der Waals surface area (Å²) < 4.78 is 27.2. The van der Waals surface area contributed by atoms with Gasteiger partial charge in [-0.3, -0.25) is 18.5 Å². The lowest BCUT2D eigenvalue weighted by Crippen LogP contribution is -2.32. The highest BCUT2D eigenvalue weighted by molar-refractivity contribution is 8.23. The fourth-order valence-corrected chi connectivity index (χ4v) is 5.30. The zero-order valence-electron chi connectivity index (χ0n) is 17.8. The average Bonchev–Trinajstić information content (AvgIpc) is 3.12. The predicted molar refractivity (Wildman–Crippen MR) is 127 cm³/mol. The molecule has 0 bridgehead atoms. The highest BCUT2D eigenvalue weighted by atomic mass is 32.3. The van der Waals surface area contributed by atoms with E-state index in [0.717, 1.165) is 0 Å². The molecule has 12 heteroatoms. The standard InChI is InChI=1S/C21H22N6O5S/c1-10(2)7-9-27-19-11(4-3-8-22-19)16(28)14(20(27)29)18-23-13-6-5-12-15(25-21(30)24-12)17(13)33(31,32)26-18/h3-6,8,10,28,31-32H,7,9H2,1-2H3,(H,23,26)(H2,24,25,30). The van der Waals surface area contributed by atoms with Crippen LogP contribution in [0.1, 0.15) is 25.8 Å². The summed E-state index contributed by atoms with van der Waals surface area (Å²) in [6, 6.07) is 6.40. The molecule has 0 saturated heterocycles. The minimum Gasteiger partial charge on any atom is -0.506 e. The van der Waals surface area contributed by atoms with Crippen LogP contribution in [0, 0.1) is 5.92 Å². The van der Waals surface area contributed by atoms with Gasteiger partial charge in [-0.25, -0.2) is 9.78 Å². The monoisotopic (exact) mass is 470 g/mol. The molecular weight excluding hydrogens is 448 g/mol. The molecule has 4 aromatic rings. The van der Waals surface area contributed by atoms with Crippen molar-refractivity contribution in [2.75, 3.05) is 5.32 Å². The van der Waals surface area contributed by atoms with Crippen LogP contribution in [0.2, 0.25) is 0 Å². The molecule has 4 heterocycles. The first-order chi connectivity index (χ1) is 15.7. The zero-order chi connectivity index (χ0) is 23.5. The number of pyridine rings is 2. The van der Waals surface area contributed by atoms with Crippen LogP contribution in [0.3, 0.4) is 0 Å². The van der Waals surface area contributed by atoms with Gasteiger partial charge in [-0.15, -0.1) is 4.40 Å². The molecule has 0 amide bonds. The Bertz CT molecular complexity index is 1570. The molecule has 33 heavy (non-hydrogen) atoms. The number of aromatic amines is 2. The molecule has 172 valence electrons. The van der Waals surface area contributed by atoms with Crippen LogP contribution in [0.25, 0.3) is 22.1 Å². The molecule has 5 rings (SSSR count). The zero-order valence-corrected chi connectivity index (χ0v) is 18.6. The number of rotatable bonds is 4. The maximum atomic E-state index is 13.5. The van der Waals surface area contributed by atoms with Crippen LogP contribution in [0.5, 0.6) is 5.75 Å². The third-order valence-electron chi connectivity index (χ3n) is 5.55. The topological polar surface area (TPSA) is 169 Å². The van der Waals surface area contributed by atoms with Crippen molar-refractivity contribution < 1.29 is 14.2 Å². The minimum atomic E-state index is -3.82. The normalized spacial score (nSPS) is 16.0. The number of hydrogen-bond acceptors (Lipinski definition) is 8. The molecule has 0 radical (unpaired) electrons. The first-order valence-corrected chi connectivity index (χ1v) is 11.8. The molecule has 1 aliphatic heterocycles. The molecular formula is C21H22N6O5S. The van der Waals surface area contributed by atoms with Crippen molar-refractivity contribution in [3.05, 3.63) is 56.9 Å². The van der Waals surface area contributed by atoms with Crippen molar-refractivity contribution in [2.24, 2.45) is 10.3 Å². The van der Waals surface area contributed by atoms with E-state index in [0.29, 0.717) is 35.4 Å². The van der Waals surface area contributed by atoms with E-state index in [1.165, 1.54) is 4.57 Å². The fraction of sp³-hybridized carbons (Fsp3) is 0.238. The first-order valence-electron chi connectivity index (χ1n) is 10.3. The second-order valence-electron chi connectivity index (χ2n) is 8.27. The highest BCUT2D eigenvalue weighted by Gasteiger charge is 2.33. The summed E-state index contributed by atoms with van der Waals surface area (Å²) >= 11 is 0. The van der Waals surface area contributed by atoms with Gasteiger partial charge in [-0.1, -0.05) is 24.6 Å². The molecule has 0 fully saturated rings. The van der Waals surface area contributed by atoms with Crippen molar-refractivity contribution in [3.63, 3.8) is 0 Å². The fourth-order valence-electron chi connectivity index (χ4n) is 3.96. The number of H-pyrrole nitrogens is 2. The van der Waals surface area contributed by atoms with Crippen molar-refractivity contribution in [3.8, 4) is 5.75 Å². The summed E-state index contributed by atoms with van der Waals surface area (Å²) in [5.74, 6) is -0.209. The smallest absolute Gasteiger partial charge is 0.323 e. The minimum absolute atomic E-state index is 0.00387. The Hall–Kier alpha value is -3.61. The molecule has 1 aromatic carbocycles. The van der Waals surface area contributed by atoms with Crippen LogP contribution in [-0.4, -0.2) is 39.6 Å². The van der Waals surface area contributed by atoms with Crippen LogP contribution in [0.4, 0.5) is 5.69 Å². The van der Waals surface area contributed by atoms with E-state index in [4.69, 9.17) is 0 Å². The van der Waals surface area contributed by atoms with Gasteiger partial charge in [0.05, 0.1) is 22.1 Å². The molecule has 1 aliphatic rings. The average molecular weight is 471 g/mol. The number of imidazole rings is 1. The Kier molecular flexibility index (Phi) is 4.81. The molecule has 0 spiro atoms. The number of anilines is 1. The lowest BCUT2D eigenvalue weighted by molar-refractivity contribution is 0.473. The number of nitrogens with zero attached hydrogens (tertiary/aromatic N) is 3. The number of aryl methyl sites for hydroxylation is 1. The maximum absolute atomic E-state index is 13.5. The second kappa shape index (κ2) is 7.47. The summed E-state index contributed by atoms with van der Waals surface area (Å²) in [6.07, 6.45) is 2.24. The van der Waals surface area contributed by atoms with Gasteiger partial charge in [0.15, 0.2) is 5.84 Å². The van der Waals surface area contributed by atoms with Crippen LogP contribution < -0.4 is 16.6 Å². The summed E-state index contributed by atoms with van der Waals surface area (Å²) in [4.78, 5) is 34.6. The Morgan fingerprint density at radius 1 is 1.15 bits per heavy atom. The van der Waals surface area contributed by atoms with Gasteiger partial charge in [-0.2, -0.15) is 0 Å². The summed E-state index contributed by atoms with van der Waals surface area (Å²) in [7, 11) is -3.82. The van der Waals surface area contributed by atoms with E-state index in [9.17, 15) is 23.8 Å². The van der Waals surface area contributed by atoms with Crippen molar-refractivity contribution in [1.82, 2.24) is 19.5 Å². The number of aromatic nitrogens is 4. The number of amidine groups is 1. The van der Waals surface area contributed by atoms with Gasteiger partial charge in [-0.05, 0) is 36.6 Å². The SMILES string of the molecule is CC(C)CCn1c(=O)c(C2=NS(O)(O)c3c(ccc4[nH]c(=O)[nH]c34)N2)c(O)c2cccnc21. The van der Waals surface area contributed by atoms with Crippen LogP contribution in [0.15, 0.2) is 49.3 Å². The Labute approximate surface area is 188 Å². The van der Waals surface area contributed by atoms with Gasteiger partial charge < -0.3 is 20.4 Å². The Balaban J connectivity index is 1.74. The highest BCUT2D eigenvalue weighted by Crippen LogP contribution is 2.57. The number of nitrogens with one attached hydrogen (secondary N) is 3. The molecule has 3 aromatic heterocycles. The second-order valence-corrected chi connectivity index (χ2v) is 9.89.